The van der Waals surface area contributed by atoms with Crippen LogP contribution < -0.4 is 5.32 Å². The van der Waals surface area contributed by atoms with Crippen LogP contribution in [0, 0.1) is 11.8 Å². The number of hydrogen-bond donors (Lipinski definition) is 1. The number of nitrogens with zero attached hydrogens (tertiary/aromatic N) is 1. The van der Waals surface area contributed by atoms with Gasteiger partial charge in [0.15, 0.2) is 0 Å². The van der Waals surface area contributed by atoms with E-state index in [0.29, 0.717) is 18.3 Å². The number of nitrogens with one attached hydrogen (secondary N) is 1. The van der Waals surface area contributed by atoms with Crippen molar-refractivity contribution in [3.8, 4) is 0 Å². The third-order valence-corrected chi connectivity index (χ3v) is 4.73. The molecular formula is C17H22N2O2. The molecule has 1 aromatic rings. The first-order chi connectivity index (χ1) is 10.1. The Balaban J connectivity index is 1.72. The topological polar surface area (TPSA) is 49.4 Å². The molecule has 1 aromatic carbocycles. The van der Waals surface area contributed by atoms with E-state index in [1.165, 1.54) is 6.42 Å². The minimum atomic E-state index is -0.426. The van der Waals surface area contributed by atoms with Gasteiger partial charge in [0, 0.05) is 13.0 Å². The number of carbonyl (C=O) groups is 2. The maximum Gasteiger partial charge on any atom is 0.246 e. The molecule has 1 saturated heterocycles. The van der Waals surface area contributed by atoms with E-state index in [0.717, 1.165) is 12.1 Å². The Labute approximate surface area is 125 Å². The summed E-state index contributed by atoms with van der Waals surface area (Å²) in [4.78, 5) is 26.6. The van der Waals surface area contributed by atoms with Crippen molar-refractivity contribution in [1.29, 1.82) is 0 Å². The molecule has 4 unspecified atom stereocenters. The molecule has 0 aromatic heterocycles. The van der Waals surface area contributed by atoms with Crippen LogP contribution in [0.3, 0.4) is 0 Å². The molecule has 21 heavy (non-hydrogen) atoms. The Hall–Kier alpha value is -1.84. The molecule has 1 heterocycles. The van der Waals surface area contributed by atoms with Crippen LogP contribution in [-0.2, 0) is 16.0 Å². The number of piperazine rings is 1. The largest absolute Gasteiger partial charge is 0.342 e. The molecule has 1 N–H and O–H groups in total. The number of amides is 2. The Bertz CT molecular complexity index is 543. The lowest BCUT2D eigenvalue weighted by Crippen LogP contribution is -2.63. The molecule has 112 valence electrons. The highest BCUT2D eigenvalue weighted by atomic mass is 16.2. The maximum atomic E-state index is 12.7. The van der Waals surface area contributed by atoms with E-state index in [1.807, 2.05) is 37.3 Å². The zero-order valence-corrected chi connectivity index (χ0v) is 12.6. The number of benzene rings is 1. The van der Waals surface area contributed by atoms with Crippen molar-refractivity contribution in [2.24, 2.45) is 11.8 Å². The molecule has 3 rings (SSSR count). The van der Waals surface area contributed by atoms with E-state index in [9.17, 15) is 9.59 Å². The van der Waals surface area contributed by atoms with Gasteiger partial charge < -0.3 is 10.2 Å². The van der Waals surface area contributed by atoms with E-state index >= 15 is 0 Å². The third kappa shape index (κ3) is 2.94. The predicted molar refractivity (Wildman–Crippen MR) is 80.5 cm³/mol. The molecule has 0 bridgehead atoms. The van der Waals surface area contributed by atoms with Crippen molar-refractivity contribution < 1.29 is 9.59 Å². The first-order valence-corrected chi connectivity index (χ1v) is 7.71. The monoisotopic (exact) mass is 286 g/mol. The quantitative estimate of drug-likeness (QED) is 0.914. The smallest absolute Gasteiger partial charge is 0.246 e. The van der Waals surface area contributed by atoms with E-state index in [1.54, 1.807) is 4.90 Å². The molecular weight excluding hydrogens is 264 g/mol. The normalized spacial score (nSPS) is 32.0. The van der Waals surface area contributed by atoms with Crippen molar-refractivity contribution in [2.75, 3.05) is 6.54 Å². The molecule has 0 radical (unpaired) electrons. The molecule has 2 fully saturated rings. The highest BCUT2D eigenvalue weighted by Gasteiger charge is 2.42. The summed E-state index contributed by atoms with van der Waals surface area (Å²) in [6, 6.07) is 9.07. The van der Waals surface area contributed by atoms with Gasteiger partial charge in [-0.1, -0.05) is 37.3 Å². The average molecular weight is 286 g/mol. The van der Waals surface area contributed by atoms with E-state index < -0.39 is 6.04 Å². The Morgan fingerprint density at radius 3 is 2.48 bits per heavy atom. The van der Waals surface area contributed by atoms with Crippen molar-refractivity contribution in [2.45, 2.75) is 38.8 Å². The fraction of sp³-hybridized carbons (Fsp3) is 0.529. The summed E-state index contributed by atoms with van der Waals surface area (Å²) in [5, 5.41) is 2.87. The lowest BCUT2D eigenvalue weighted by atomic mass is 10.0. The lowest BCUT2D eigenvalue weighted by Gasteiger charge is -2.37. The molecule has 1 saturated carbocycles. The van der Waals surface area contributed by atoms with Crippen LogP contribution in [-0.4, -0.2) is 35.3 Å². The van der Waals surface area contributed by atoms with Gasteiger partial charge >= 0.3 is 0 Å². The molecule has 0 spiro atoms. The van der Waals surface area contributed by atoms with Gasteiger partial charge in [-0.05, 0) is 30.7 Å². The van der Waals surface area contributed by atoms with E-state index in [2.05, 4.69) is 12.2 Å². The van der Waals surface area contributed by atoms with Gasteiger partial charge in [-0.3, -0.25) is 9.59 Å². The fourth-order valence-corrected chi connectivity index (χ4v) is 3.03. The maximum absolute atomic E-state index is 12.7. The summed E-state index contributed by atoms with van der Waals surface area (Å²) >= 11 is 0. The summed E-state index contributed by atoms with van der Waals surface area (Å²) in [5.41, 5.74) is 1.07. The predicted octanol–water partition coefficient (Wildman–Crippen LogP) is 1.60. The van der Waals surface area contributed by atoms with Crippen LogP contribution in [0.5, 0.6) is 0 Å². The van der Waals surface area contributed by atoms with Gasteiger partial charge in [0.05, 0.1) is 0 Å². The van der Waals surface area contributed by atoms with Gasteiger partial charge in [-0.15, -0.1) is 0 Å². The van der Waals surface area contributed by atoms with Gasteiger partial charge in [-0.2, -0.15) is 0 Å². The molecule has 4 nitrogen and oxygen atoms in total. The summed E-state index contributed by atoms with van der Waals surface area (Å²) in [5.74, 6) is 1.27. The van der Waals surface area contributed by atoms with E-state index in [-0.39, 0.29) is 17.9 Å². The minimum absolute atomic E-state index is 0.0381. The first-order valence-electron chi connectivity index (χ1n) is 7.71. The molecule has 2 aliphatic rings. The van der Waals surface area contributed by atoms with Crippen LogP contribution in [0.4, 0.5) is 0 Å². The summed E-state index contributed by atoms with van der Waals surface area (Å²) in [6.07, 6.45) is 1.73. The summed E-state index contributed by atoms with van der Waals surface area (Å²) in [6.45, 7) is 4.74. The second kappa shape index (κ2) is 5.51. The summed E-state index contributed by atoms with van der Waals surface area (Å²) < 4.78 is 0. The Morgan fingerprint density at radius 1 is 1.19 bits per heavy atom. The van der Waals surface area contributed by atoms with Gasteiger partial charge in [0.1, 0.15) is 12.1 Å². The first kappa shape index (κ1) is 14.1. The Morgan fingerprint density at radius 2 is 1.86 bits per heavy atom. The standard InChI is InChI=1S/C17H22N2O2/c1-11-8-14(11)10-19-12(2)16(20)18-15(17(19)21)9-13-6-4-3-5-7-13/h3-7,11-12,14-15H,8-10H2,1-2H3,(H,18,20). The second-order valence-corrected chi connectivity index (χ2v) is 6.39. The van der Waals surface area contributed by atoms with Crippen LogP contribution in [0.15, 0.2) is 30.3 Å². The van der Waals surface area contributed by atoms with Crippen LogP contribution in [0.25, 0.3) is 0 Å². The number of carbonyl (C=O) groups excluding carboxylic acids is 2. The van der Waals surface area contributed by atoms with Crippen molar-refractivity contribution >= 4 is 11.8 Å². The molecule has 4 atom stereocenters. The molecule has 1 aliphatic carbocycles. The summed E-state index contributed by atoms with van der Waals surface area (Å²) in [7, 11) is 0. The zero-order valence-electron chi connectivity index (χ0n) is 12.6. The number of hydrogen-bond acceptors (Lipinski definition) is 2. The molecule has 2 amide bonds. The van der Waals surface area contributed by atoms with Gasteiger partial charge in [0.2, 0.25) is 11.8 Å². The third-order valence-electron chi connectivity index (χ3n) is 4.73. The fourth-order valence-electron chi connectivity index (χ4n) is 3.03. The average Bonchev–Trinajstić information content (AvgIpc) is 3.17. The molecule has 4 heteroatoms. The van der Waals surface area contributed by atoms with Crippen LogP contribution >= 0.6 is 0 Å². The van der Waals surface area contributed by atoms with Crippen molar-refractivity contribution in [1.82, 2.24) is 10.2 Å². The molecule has 1 aliphatic heterocycles. The highest BCUT2D eigenvalue weighted by molar-refractivity contribution is 5.96. The zero-order chi connectivity index (χ0) is 15.0. The lowest BCUT2D eigenvalue weighted by molar-refractivity contribution is -0.148. The van der Waals surface area contributed by atoms with Crippen molar-refractivity contribution in [3.05, 3.63) is 35.9 Å². The second-order valence-electron chi connectivity index (χ2n) is 6.39. The minimum Gasteiger partial charge on any atom is -0.342 e. The number of rotatable bonds is 4. The van der Waals surface area contributed by atoms with Gasteiger partial charge in [0.25, 0.3) is 0 Å². The van der Waals surface area contributed by atoms with Crippen molar-refractivity contribution in [3.63, 3.8) is 0 Å². The Kier molecular flexibility index (Phi) is 3.70. The highest BCUT2D eigenvalue weighted by Crippen LogP contribution is 2.39. The van der Waals surface area contributed by atoms with Gasteiger partial charge in [-0.25, -0.2) is 0 Å². The van der Waals surface area contributed by atoms with Crippen LogP contribution in [0.2, 0.25) is 0 Å². The SMILES string of the molecule is CC1CC1CN1C(=O)C(Cc2ccccc2)NC(=O)C1C. The van der Waals surface area contributed by atoms with E-state index in [4.69, 9.17) is 0 Å². The van der Waals surface area contributed by atoms with Crippen LogP contribution in [0.1, 0.15) is 25.8 Å².